The molecule has 0 saturated carbocycles. The first kappa shape index (κ1) is 25.9. The van der Waals surface area contributed by atoms with Crippen LogP contribution in [0.4, 0.5) is 17.1 Å². The minimum absolute atomic E-state index is 0.163. The molecule has 0 atom stereocenters. The average Bonchev–Trinajstić information content (AvgIpc) is 3.14. The zero-order valence-electron chi connectivity index (χ0n) is 22.1. The van der Waals surface area contributed by atoms with Gasteiger partial charge in [0.25, 0.3) is 0 Å². The molecule has 39 heavy (non-hydrogen) atoms. The van der Waals surface area contributed by atoms with E-state index in [1.54, 1.807) is 4.90 Å². The lowest BCUT2D eigenvalue weighted by Crippen LogP contribution is -2.45. The molecule has 1 heterocycles. The normalized spacial score (nSPS) is 13.6. The second-order valence-corrected chi connectivity index (χ2v) is 10.2. The highest BCUT2D eigenvalue weighted by atomic mass is 16.2. The number of rotatable bonds is 8. The van der Waals surface area contributed by atoms with E-state index in [4.69, 9.17) is 0 Å². The molecular weight excluding hydrogens is 486 g/mol. The first-order valence-corrected chi connectivity index (χ1v) is 13.0. The summed E-state index contributed by atoms with van der Waals surface area (Å²) in [7, 11) is 0. The average molecular weight is 518 g/mol. The van der Waals surface area contributed by atoms with Crippen molar-refractivity contribution in [2.75, 3.05) is 15.5 Å². The molecule has 0 radical (unpaired) electrons. The van der Waals surface area contributed by atoms with Gasteiger partial charge in [0.15, 0.2) is 0 Å². The molecule has 1 aliphatic heterocycles. The molecule has 0 fully saturated rings. The number of benzene rings is 4. The van der Waals surface area contributed by atoms with Crippen molar-refractivity contribution in [2.24, 2.45) is 0 Å². The summed E-state index contributed by atoms with van der Waals surface area (Å²) in [6.07, 6.45) is -0.327. The lowest BCUT2D eigenvalue weighted by molar-refractivity contribution is -0.130. The summed E-state index contributed by atoms with van der Waals surface area (Å²) in [6.45, 7) is 4.29. The Labute approximate surface area is 228 Å². The van der Waals surface area contributed by atoms with Gasteiger partial charge in [-0.2, -0.15) is 0 Å². The van der Waals surface area contributed by atoms with E-state index in [1.165, 1.54) is 0 Å². The fourth-order valence-corrected chi connectivity index (χ4v) is 5.16. The second-order valence-electron chi connectivity index (χ2n) is 10.2. The van der Waals surface area contributed by atoms with E-state index in [1.807, 2.05) is 117 Å². The van der Waals surface area contributed by atoms with Gasteiger partial charge in [-0.15, -0.1) is 0 Å². The van der Waals surface area contributed by atoms with Crippen molar-refractivity contribution in [1.29, 1.82) is 0 Å². The molecular formula is C33H31N3O3. The van der Waals surface area contributed by atoms with Gasteiger partial charge >= 0.3 is 0 Å². The Kier molecular flexibility index (Phi) is 7.28. The number of carbonyl (C=O) groups is 3. The number of fused-ring (bicyclic) bond motifs is 1. The van der Waals surface area contributed by atoms with Crippen molar-refractivity contribution in [3.63, 3.8) is 0 Å². The number of aryl methyl sites for hydroxylation is 2. The van der Waals surface area contributed by atoms with Gasteiger partial charge in [0, 0.05) is 29.9 Å². The van der Waals surface area contributed by atoms with Crippen molar-refractivity contribution < 1.29 is 14.4 Å². The quantitative estimate of drug-likeness (QED) is 0.294. The van der Waals surface area contributed by atoms with Crippen molar-refractivity contribution in [3.05, 3.63) is 125 Å². The molecule has 0 aromatic heterocycles. The van der Waals surface area contributed by atoms with E-state index in [0.29, 0.717) is 23.5 Å². The number of carbonyl (C=O) groups excluding carboxylic acids is 3. The molecule has 1 aliphatic rings. The molecule has 0 spiro atoms. The zero-order valence-corrected chi connectivity index (χ0v) is 22.1. The van der Waals surface area contributed by atoms with E-state index in [-0.39, 0.29) is 30.6 Å². The topological polar surface area (TPSA) is 78.5 Å². The second kappa shape index (κ2) is 11.0. The maximum absolute atomic E-state index is 14.3. The maximum Gasteiger partial charge on any atom is 0.239 e. The maximum atomic E-state index is 14.3. The van der Waals surface area contributed by atoms with Crippen LogP contribution in [0.15, 0.2) is 103 Å². The number of para-hydroxylation sites is 1. The van der Waals surface area contributed by atoms with Crippen molar-refractivity contribution >= 4 is 34.8 Å². The van der Waals surface area contributed by atoms with Crippen LogP contribution in [0, 0.1) is 13.8 Å². The summed E-state index contributed by atoms with van der Waals surface area (Å²) in [5.41, 5.74) is 4.46. The number of anilines is 3. The van der Waals surface area contributed by atoms with Crippen LogP contribution in [-0.2, 0) is 26.3 Å². The lowest BCUT2D eigenvalue weighted by Gasteiger charge is -2.28. The molecule has 6 heteroatoms. The van der Waals surface area contributed by atoms with Gasteiger partial charge in [-0.05, 0) is 55.3 Å². The summed E-state index contributed by atoms with van der Waals surface area (Å²) in [5.74, 6) is -0.913. The first-order chi connectivity index (χ1) is 18.8. The minimum atomic E-state index is -1.35. The van der Waals surface area contributed by atoms with Crippen LogP contribution in [0.1, 0.15) is 35.1 Å². The third kappa shape index (κ3) is 5.60. The molecule has 3 amide bonds. The lowest BCUT2D eigenvalue weighted by atomic mass is 9.75. The summed E-state index contributed by atoms with van der Waals surface area (Å²) in [6, 6.07) is 32.2. The van der Waals surface area contributed by atoms with Gasteiger partial charge in [-0.1, -0.05) is 83.9 Å². The molecule has 4 aromatic rings. The molecule has 0 unspecified atom stereocenters. The smallest absolute Gasteiger partial charge is 0.239 e. The van der Waals surface area contributed by atoms with E-state index in [9.17, 15) is 14.4 Å². The number of nitrogens with zero attached hydrogens (tertiary/aromatic N) is 1. The number of hydrogen-bond acceptors (Lipinski definition) is 3. The summed E-state index contributed by atoms with van der Waals surface area (Å²) >= 11 is 0. The van der Waals surface area contributed by atoms with Gasteiger partial charge in [-0.25, -0.2) is 0 Å². The predicted molar refractivity (Wildman–Crippen MR) is 155 cm³/mol. The third-order valence-electron chi connectivity index (χ3n) is 7.14. The van der Waals surface area contributed by atoms with Crippen molar-refractivity contribution in [1.82, 2.24) is 0 Å². The van der Waals surface area contributed by atoms with E-state index in [2.05, 4.69) is 10.6 Å². The SMILES string of the molecule is Cc1ccc(NC(=O)CC2(CC(=O)Nc3ccc(C)cc3)C(=O)N(Cc3ccccc3)c3ccccc32)cc1. The zero-order chi connectivity index (χ0) is 27.4. The fourth-order valence-electron chi connectivity index (χ4n) is 5.16. The molecule has 4 aromatic carbocycles. The van der Waals surface area contributed by atoms with Crippen LogP contribution in [0.5, 0.6) is 0 Å². The Hall–Kier alpha value is -4.71. The standard InChI is InChI=1S/C33H31N3O3/c1-23-12-16-26(17-13-23)34-30(37)20-33(21-31(38)35-27-18-14-24(2)15-19-27)28-10-6-7-11-29(28)36(32(33)39)22-25-8-4-3-5-9-25/h3-19H,20-22H2,1-2H3,(H,34,37)(H,35,38). The molecule has 5 rings (SSSR count). The van der Waals surface area contributed by atoms with Gasteiger partial charge in [0.05, 0.1) is 12.0 Å². The Morgan fingerprint density at radius 1 is 0.667 bits per heavy atom. The number of nitrogens with one attached hydrogen (secondary N) is 2. The predicted octanol–water partition coefficient (Wildman–Crippen LogP) is 6.15. The van der Waals surface area contributed by atoms with Gasteiger partial charge in [0.1, 0.15) is 0 Å². The Morgan fingerprint density at radius 2 is 1.15 bits per heavy atom. The van der Waals surface area contributed by atoms with Crippen LogP contribution >= 0.6 is 0 Å². The van der Waals surface area contributed by atoms with E-state index < -0.39 is 5.41 Å². The third-order valence-corrected chi connectivity index (χ3v) is 7.14. The number of hydrogen-bond donors (Lipinski definition) is 2. The van der Waals surface area contributed by atoms with Crippen LogP contribution in [0.2, 0.25) is 0 Å². The van der Waals surface area contributed by atoms with E-state index in [0.717, 1.165) is 22.4 Å². The molecule has 196 valence electrons. The molecule has 6 nitrogen and oxygen atoms in total. The van der Waals surface area contributed by atoms with Crippen molar-refractivity contribution in [3.8, 4) is 0 Å². The Morgan fingerprint density at radius 3 is 1.69 bits per heavy atom. The van der Waals surface area contributed by atoms with Crippen LogP contribution in [0.3, 0.4) is 0 Å². The molecule has 0 bridgehead atoms. The Bertz CT molecular complexity index is 1430. The highest BCUT2D eigenvalue weighted by Crippen LogP contribution is 2.47. The van der Waals surface area contributed by atoms with Crippen LogP contribution in [-0.4, -0.2) is 17.7 Å². The minimum Gasteiger partial charge on any atom is -0.326 e. The monoisotopic (exact) mass is 517 g/mol. The first-order valence-electron chi connectivity index (χ1n) is 13.0. The van der Waals surface area contributed by atoms with Crippen LogP contribution in [0.25, 0.3) is 0 Å². The van der Waals surface area contributed by atoms with Gasteiger partial charge in [0.2, 0.25) is 17.7 Å². The van der Waals surface area contributed by atoms with Gasteiger partial charge < -0.3 is 15.5 Å². The van der Waals surface area contributed by atoms with Crippen LogP contribution < -0.4 is 15.5 Å². The largest absolute Gasteiger partial charge is 0.326 e. The molecule has 0 saturated heterocycles. The summed E-state index contributed by atoms with van der Waals surface area (Å²) in [4.78, 5) is 42.9. The Balaban J connectivity index is 1.49. The highest BCUT2D eigenvalue weighted by Gasteiger charge is 2.53. The number of amides is 3. The summed E-state index contributed by atoms with van der Waals surface area (Å²) in [5, 5.41) is 5.85. The fraction of sp³-hybridized carbons (Fsp3) is 0.182. The molecule has 0 aliphatic carbocycles. The highest BCUT2D eigenvalue weighted by molar-refractivity contribution is 6.13. The summed E-state index contributed by atoms with van der Waals surface area (Å²) < 4.78 is 0. The van der Waals surface area contributed by atoms with E-state index >= 15 is 0 Å². The molecule has 2 N–H and O–H groups in total. The van der Waals surface area contributed by atoms with Gasteiger partial charge in [-0.3, -0.25) is 14.4 Å². The van der Waals surface area contributed by atoms with Crippen molar-refractivity contribution in [2.45, 2.75) is 38.6 Å².